The van der Waals surface area contributed by atoms with Crippen molar-refractivity contribution >= 4 is 11.6 Å². The molecule has 1 aromatic carbocycles. The second-order valence-electron chi connectivity index (χ2n) is 4.72. The fraction of sp³-hybridized carbons (Fsp3) is 0.250. The summed E-state index contributed by atoms with van der Waals surface area (Å²) in [5, 5.41) is 2.78. The van der Waals surface area contributed by atoms with Gasteiger partial charge in [0, 0.05) is 6.20 Å². The Hall–Kier alpha value is -2.36. The van der Waals surface area contributed by atoms with Gasteiger partial charge in [0.1, 0.15) is 5.75 Å². The molecule has 20 heavy (non-hydrogen) atoms. The molecule has 0 aliphatic carbocycles. The Kier molecular flexibility index (Phi) is 4.35. The predicted molar refractivity (Wildman–Crippen MR) is 79.0 cm³/mol. The van der Waals surface area contributed by atoms with Gasteiger partial charge in [-0.15, -0.1) is 0 Å². The molecule has 0 radical (unpaired) electrons. The highest BCUT2D eigenvalue weighted by atomic mass is 16.5. The number of pyridine rings is 1. The van der Waals surface area contributed by atoms with Gasteiger partial charge in [0.05, 0.1) is 11.4 Å². The van der Waals surface area contributed by atoms with Crippen LogP contribution in [-0.2, 0) is 4.79 Å². The van der Waals surface area contributed by atoms with E-state index in [1.54, 1.807) is 12.3 Å². The number of aromatic nitrogens is 1. The molecule has 0 fully saturated rings. The van der Waals surface area contributed by atoms with E-state index in [-0.39, 0.29) is 12.5 Å². The van der Waals surface area contributed by atoms with Crippen LogP contribution < -0.4 is 10.1 Å². The van der Waals surface area contributed by atoms with Crippen LogP contribution in [-0.4, -0.2) is 17.5 Å². The number of anilines is 1. The first-order chi connectivity index (χ1) is 9.56. The average Bonchev–Trinajstić information content (AvgIpc) is 2.43. The molecule has 1 heterocycles. The Labute approximate surface area is 118 Å². The topological polar surface area (TPSA) is 51.2 Å². The summed E-state index contributed by atoms with van der Waals surface area (Å²) in [6.45, 7) is 5.88. The molecular formula is C16H18N2O2. The molecule has 1 N–H and O–H groups in total. The lowest BCUT2D eigenvalue weighted by atomic mass is 10.1. The number of nitrogens with one attached hydrogen (secondary N) is 1. The van der Waals surface area contributed by atoms with E-state index in [0.29, 0.717) is 11.4 Å². The van der Waals surface area contributed by atoms with Crippen LogP contribution >= 0.6 is 0 Å². The van der Waals surface area contributed by atoms with Gasteiger partial charge in [-0.2, -0.15) is 0 Å². The SMILES string of the molecule is Cc1ccc(OCC(=O)Nc2cccnc2C)cc1C. The van der Waals surface area contributed by atoms with Crippen LogP contribution in [0.25, 0.3) is 0 Å². The van der Waals surface area contributed by atoms with Crippen LogP contribution in [0.2, 0.25) is 0 Å². The van der Waals surface area contributed by atoms with Gasteiger partial charge in [-0.3, -0.25) is 9.78 Å². The lowest BCUT2D eigenvalue weighted by Gasteiger charge is -2.10. The highest BCUT2D eigenvalue weighted by Gasteiger charge is 2.06. The van der Waals surface area contributed by atoms with Crippen LogP contribution in [0.15, 0.2) is 36.5 Å². The average molecular weight is 270 g/mol. The minimum atomic E-state index is -0.195. The summed E-state index contributed by atoms with van der Waals surface area (Å²) in [5.74, 6) is 0.505. The zero-order valence-electron chi connectivity index (χ0n) is 11.9. The largest absolute Gasteiger partial charge is 0.484 e. The van der Waals surface area contributed by atoms with Gasteiger partial charge in [0.25, 0.3) is 5.91 Å². The molecule has 0 unspecified atom stereocenters. The van der Waals surface area contributed by atoms with Gasteiger partial charge < -0.3 is 10.1 Å². The van der Waals surface area contributed by atoms with Gasteiger partial charge in [0.15, 0.2) is 6.61 Å². The van der Waals surface area contributed by atoms with Gasteiger partial charge >= 0.3 is 0 Å². The summed E-state index contributed by atoms with van der Waals surface area (Å²) < 4.78 is 5.48. The molecule has 0 atom stereocenters. The molecule has 2 aromatic rings. The maximum absolute atomic E-state index is 11.8. The van der Waals surface area contributed by atoms with Crippen molar-refractivity contribution in [3.8, 4) is 5.75 Å². The van der Waals surface area contributed by atoms with E-state index in [4.69, 9.17) is 4.74 Å². The minimum Gasteiger partial charge on any atom is -0.484 e. The summed E-state index contributed by atoms with van der Waals surface area (Å²) in [6.07, 6.45) is 1.69. The number of hydrogen-bond donors (Lipinski definition) is 1. The molecule has 0 spiro atoms. The van der Waals surface area contributed by atoms with Crippen LogP contribution in [0.3, 0.4) is 0 Å². The molecule has 1 amide bonds. The van der Waals surface area contributed by atoms with Crippen molar-refractivity contribution in [1.82, 2.24) is 4.98 Å². The number of amides is 1. The third-order valence-corrected chi connectivity index (χ3v) is 3.13. The maximum atomic E-state index is 11.8. The van der Waals surface area contributed by atoms with Crippen molar-refractivity contribution in [3.63, 3.8) is 0 Å². The number of hydrogen-bond acceptors (Lipinski definition) is 3. The highest BCUT2D eigenvalue weighted by molar-refractivity contribution is 5.92. The smallest absolute Gasteiger partial charge is 0.262 e. The second-order valence-corrected chi connectivity index (χ2v) is 4.72. The van der Waals surface area contributed by atoms with E-state index in [1.165, 1.54) is 5.56 Å². The molecule has 4 heteroatoms. The van der Waals surface area contributed by atoms with Crippen molar-refractivity contribution in [2.75, 3.05) is 11.9 Å². The number of nitrogens with zero attached hydrogens (tertiary/aromatic N) is 1. The lowest BCUT2D eigenvalue weighted by molar-refractivity contribution is -0.118. The van der Waals surface area contributed by atoms with Gasteiger partial charge in [0.2, 0.25) is 0 Å². The van der Waals surface area contributed by atoms with Crippen LogP contribution in [0.4, 0.5) is 5.69 Å². The zero-order chi connectivity index (χ0) is 14.5. The lowest BCUT2D eigenvalue weighted by Crippen LogP contribution is -2.20. The fourth-order valence-electron chi connectivity index (χ4n) is 1.76. The Morgan fingerprint density at radius 3 is 2.70 bits per heavy atom. The fourth-order valence-corrected chi connectivity index (χ4v) is 1.76. The van der Waals surface area contributed by atoms with Crippen molar-refractivity contribution in [3.05, 3.63) is 53.3 Å². The van der Waals surface area contributed by atoms with E-state index in [0.717, 1.165) is 11.3 Å². The number of aryl methyl sites for hydroxylation is 3. The van der Waals surface area contributed by atoms with Crippen molar-refractivity contribution in [1.29, 1.82) is 0 Å². The molecule has 0 bridgehead atoms. The van der Waals surface area contributed by atoms with E-state index in [2.05, 4.69) is 10.3 Å². The molecule has 2 rings (SSSR count). The molecule has 0 saturated carbocycles. The monoisotopic (exact) mass is 270 g/mol. The van der Waals surface area contributed by atoms with Crippen LogP contribution in [0.1, 0.15) is 16.8 Å². The molecular weight excluding hydrogens is 252 g/mol. The summed E-state index contributed by atoms with van der Waals surface area (Å²) >= 11 is 0. The summed E-state index contributed by atoms with van der Waals surface area (Å²) in [7, 11) is 0. The highest BCUT2D eigenvalue weighted by Crippen LogP contribution is 2.16. The molecule has 4 nitrogen and oxygen atoms in total. The number of ether oxygens (including phenoxy) is 1. The van der Waals surface area contributed by atoms with Crippen LogP contribution in [0, 0.1) is 20.8 Å². The number of benzene rings is 1. The minimum absolute atomic E-state index is 0.0170. The second kappa shape index (κ2) is 6.19. The van der Waals surface area contributed by atoms with Crippen molar-refractivity contribution in [2.45, 2.75) is 20.8 Å². The van der Waals surface area contributed by atoms with Crippen molar-refractivity contribution in [2.24, 2.45) is 0 Å². The Bertz CT molecular complexity index is 624. The normalized spacial score (nSPS) is 10.2. The van der Waals surface area contributed by atoms with Crippen LogP contribution in [0.5, 0.6) is 5.75 Å². The quantitative estimate of drug-likeness (QED) is 0.929. The molecule has 0 saturated heterocycles. The number of rotatable bonds is 4. The third-order valence-electron chi connectivity index (χ3n) is 3.13. The first-order valence-electron chi connectivity index (χ1n) is 6.48. The summed E-state index contributed by atoms with van der Waals surface area (Å²) in [5.41, 5.74) is 3.84. The van der Waals surface area contributed by atoms with Gasteiger partial charge in [-0.05, 0) is 56.2 Å². The van der Waals surface area contributed by atoms with Crippen molar-refractivity contribution < 1.29 is 9.53 Å². The summed E-state index contributed by atoms with van der Waals surface area (Å²) in [6, 6.07) is 9.37. The first kappa shape index (κ1) is 14.1. The Morgan fingerprint density at radius 2 is 2.00 bits per heavy atom. The summed E-state index contributed by atoms with van der Waals surface area (Å²) in [4.78, 5) is 15.9. The Balaban J connectivity index is 1.92. The first-order valence-corrected chi connectivity index (χ1v) is 6.48. The molecule has 0 aliphatic heterocycles. The number of carbonyl (C=O) groups is 1. The number of carbonyl (C=O) groups excluding carboxylic acids is 1. The standard InChI is InChI=1S/C16H18N2O2/c1-11-6-7-14(9-12(11)2)20-10-16(19)18-15-5-4-8-17-13(15)3/h4-9H,10H2,1-3H3,(H,18,19). The molecule has 1 aromatic heterocycles. The van der Waals surface area contributed by atoms with E-state index >= 15 is 0 Å². The van der Waals surface area contributed by atoms with Gasteiger partial charge in [-0.1, -0.05) is 6.07 Å². The maximum Gasteiger partial charge on any atom is 0.262 e. The van der Waals surface area contributed by atoms with Gasteiger partial charge in [-0.25, -0.2) is 0 Å². The van der Waals surface area contributed by atoms with E-state index < -0.39 is 0 Å². The predicted octanol–water partition coefficient (Wildman–Crippen LogP) is 3.02. The molecule has 104 valence electrons. The molecule has 0 aliphatic rings. The van der Waals surface area contributed by atoms with E-state index in [9.17, 15) is 4.79 Å². The zero-order valence-corrected chi connectivity index (χ0v) is 11.9. The third kappa shape index (κ3) is 3.57. The Morgan fingerprint density at radius 1 is 1.20 bits per heavy atom. The van der Waals surface area contributed by atoms with E-state index in [1.807, 2.05) is 45.0 Å².